The fourth-order valence-corrected chi connectivity index (χ4v) is 2.80. The number of carbonyl (C=O) groups is 1. The lowest BCUT2D eigenvalue weighted by atomic mass is 10.2. The van der Waals surface area contributed by atoms with E-state index < -0.39 is 10.8 Å². The number of hydrogen-bond acceptors (Lipinski definition) is 6. The topological polar surface area (TPSA) is 107 Å². The van der Waals surface area contributed by atoms with Crippen LogP contribution in [-0.4, -0.2) is 23.1 Å². The number of nitro benzene ring substituents is 1. The Morgan fingerprint density at radius 1 is 1.17 bits per heavy atom. The Balaban J connectivity index is 1.67. The Kier molecular flexibility index (Phi) is 6.10. The summed E-state index contributed by atoms with van der Waals surface area (Å²) in [6, 6.07) is 14.4. The van der Waals surface area contributed by atoms with E-state index in [9.17, 15) is 14.9 Å². The quantitative estimate of drug-likeness (QED) is 0.344. The van der Waals surface area contributed by atoms with E-state index in [4.69, 9.17) is 33.0 Å². The highest BCUT2D eigenvalue weighted by Gasteiger charge is 2.17. The summed E-state index contributed by atoms with van der Waals surface area (Å²) in [6.45, 7) is 0. The minimum Gasteiger partial charge on any atom is -0.490 e. The number of furan rings is 1. The van der Waals surface area contributed by atoms with Gasteiger partial charge in [0.2, 0.25) is 0 Å². The minimum absolute atomic E-state index is 0.0427. The minimum atomic E-state index is -0.577. The predicted octanol–water partition coefficient (Wildman–Crippen LogP) is 4.64. The number of methoxy groups -OCH3 is 1. The molecule has 1 amide bonds. The van der Waals surface area contributed by atoms with Gasteiger partial charge in [0.25, 0.3) is 5.91 Å². The molecule has 1 aromatic heterocycles. The molecule has 3 rings (SSSR count). The molecule has 2 N–H and O–H groups in total. The van der Waals surface area contributed by atoms with Crippen molar-refractivity contribution >= 4 is 46.2 Å². The van der Waals surface area contributed by atoms with Gasteiger partial charge in [0.05, 0.1) is 12.0 Å². The number of amides is 1. The van der Waals surface area contributed by atoms with Gasteiger partial charge < -0.3 is 14.5 Å². The SMILES string of the molecule is COc1ccc(NC(=S)NC(=O)c2ccc(-c3ccc(Cl)cc3)o2)cc1[N+](=O)[O-]. The van der Waals surface area contributed by atoms with Crippen molar-refractivity contribution in [2.45, 2.75) is 0 Å². The van der Waals surface area contributed by atoms with Gasteiger partial charge in [-0.15, -0.1) is 0 Å². The average molecular weight is 432 g/mol. The molecule has 0 bridgehead atoms. The Hall–Kier alpha value is -3.43. The predicted molar refractivity (Wildman–Crippen MR) is 112 cm³/mol. The number of ether oxygens (including phenoxy) is 1. The van der Waals surface area contributed by atoms with Gasteiger partial charge in [-0.25, -0.2) is 0 Å². The zero-order valence-corrected chi connectivity index (χ0v) is 16.5. The molecule has 0 saturated heterocycles. The molecule has 2 aromatic carbocycles. The fourth-order valence-electron chi connectivity index (χ4n) is 2.47. The number of benzene rings is 2. The highest BCUT2D eigenvalue weighted by molar-refractivity contribution is 7.80. The molecule has 0 aliphatic heterocycles. The van der Waals surface area contributed by atoms with Crippen LogP contribution < -0.4 is 15.4 Å². The first-order valence-corrected chi connectivity index (χ1v) is 8.96. The zero-order chi connectivity index (χ0) is 21.0. The van der Waals surface area contributed by atoms with E-state index in [0.717, 1.165) is 5.56 Å². The van der Waals surface area contributed by atoms with Crippen LogP contribution in [0.5, 0.6) is 5.75 Å². The highest BCUT2D eigenvalue weighted by Crippen LogP contribution is 2.29. The number of rotatable bonds is 5. The van der Waals surface area contributed by atoms with E-state index in [1.54, 1.807) is 30.3 Å². The summed E-state index contributed by atoms with van der Waals surface area (Å²) in [5, 5.41) is 16.8. The number of carbonyl (C=O) groups excluding carboxylic acids is 1. The van der Waals surface area contributed by atoms with Gasteiger partial charge in [-0.2, -0.15) is 0 Å². The number of nitro groups is 1. The standard InChI is InChI=1S/C19H14ClN3O5S/c1-27-16-7-6-13(10-14(16)23(25)26)21-19(29)22-18(24)17-9-8-15(28-17)11-2-4-12(20)5-3-11/h2-10H,1H3,(H2,21,22,24,29). The molecule has 1 heterocycles. The van der Waals surface area contributed by atoms with Crippen molar-refractivity contribution in [2.75, 3.05) is 12.4 Å². The van der Waals surface area contributed by atoms with Crippen LogP contribution >= 0.6 is 23.8 Å². The number of halogens is 1. The number of hydrogen-bond donors (Lipinski definition) is 2. The third kappa shape index (κ3) is 4.89. The lowest BCUT2D eigenvalue weighted by molar-refractivity contribution is -0.385. The number of thiocarbonyl (C=S) groups is 1. The summed E-state index contributed by atoms with van der Waals surface area (Å²) in [5.41, 5.74) is 0.856. The molecule has 10 heteroatoms. The van der Waals surface area contributed by atoms with Gasteiger partial charge in [-0.3, -0.25) is 20.2 Å². The van der Waals surface area contributed by atoms with Crippen molar-refractivity contribution < 1.29 is 18.9 Å². The van der Waals surface area contributed by atoms with E-state index in [2.05, 4.69) is 10.6 Å². The molecule has 3 aromatic rings. The van der Waals surface area contributed by atoms with Gasteiger partial charge >= 0.3 is 5.69 Å². The van der Waals surface area contributed by atoms with Gasteiger partial charge in [0.1, 0.15) is 5.76 Å². The molecule has 0 spiro atoms. The average Bonchev–Trinajstić information content (AvgIpc) is 3.18. The van der Waals surface area contributed by atoms with Crippen molar-refractivity contribution in [3.05, 3.63) is 75.5 Å². The van der Waals surface area contributed by atoms with Crippen molar-refractivity contribution in [3.8, 4) is 17.1 Å². The lowest BCUT2D eigenvalue weighted by Gasteiger charge is -2.09. The first-order valence-electron chi connectivity index (χ1n) is 8.18. The summed E-state index contributed by atoms with van der Waals surface area (Å²) in [7, 11) is 1.34. The van der Waals surface area contributed by atoms with E-state index in [0.29, 0.717) is 16.5 Å². The molecule has 0 radical (unpaired) electrons. The molecular weight excluding hydrogens is 418 g/mol. The Morgan fingerprint density at radius 3 is 2.55 bits per heavy atom. The maximum absolute atomic E-state index is 12.3. The van der Waals surface area contributed by atoms with Crippen LogP contribution in [0.2, 0.25) is 5.02 Å². The monoisotopic (exact) mass is 431 g/mol. The molecule has 0 aliphatic carbocycles. The molecule has 0 unspecified atom stereocenters. The van der Waals surface area contributed by atoms with E-state index >= 15 is 0 Å². The summed E-state index contributed by atoms with van der Waals surface area (Å²) in [5.74, 6) is 0.0998. The third-order valence-electron chi connectivity index (χ3n) is 3.82. The van der Waals surface area contributed by atoms with Crippen LogP contribution in [0.15, 0.2) is 59.0 Å². The van der Waals surface area contributed by atoms with Gasteiger partial charge in [-0.05, 0) is 60.7 Å². The summed E-state index contributed by atoms with van der Waals surface area (Å²) in [6.07, 6.45) is 0. The highest BCUT2D eigenvalue weighted by atomic mass is 35.5. The molecule has 0 saturated carbocycles. The molecule has 148 valence electrons. The first kappa shape index (κ1) is 20.3. The van der Waals surface area contributed by atoms with Gasteiger partial charge in [0.15, 0.2) is 16.6 Å². The van der Waals surface area contributed by atoms with Crippen LogP contribution in [0.25, 0.3) is 11.3 Å². The van der Waals surface area contributed by atoms with Gasteiger partial charge in [-0.1, -0.05) is 11.6 Å². The normalized spacial score (nSPS) is 10.3. The van der Waals surface area contributed by atoms with Crippen LogP contribution in [-0.2, 0) is 0 Å². The van der Waals surface area contributed by atoms with Crippen molar-refractivity contribution in [2.24, 2.45) is 0 Å². The molecule has 0 fully saturated rings. The van der Waals surface area contributed by atoms with Crippen LogP contribution in [0.3, 0.4) is 0 Å². The Labute approximate surface area is 175 Å². The molecule has 29 heavy (non-hydrogen) atoms. The van der Waals surface area contributed by atoms with Crippen LogP contribution in [0.1, 0.15) is 10.6 Å². The van der Waals surface area contributed by atoms with Crippen molar-refractivity contribution in [1.29, 1.82) is 0 Å². The van der Waals surface area contributed by atoms with E-state index in [1.807, 2.05) is 0 Å². The summed E-state index contributed by atoms with van der Waals surface area (Å²) in [4.78, 5) is 22.9. The van der Waals surface area contributed by atoms with Crippen LogP contribution in [0, 0.1) is 10.1 Å². The second-order valence-electron chi connectivity index (χ2n) is 5.72. The van der Waals surface area contributed by atoms with Crippen LogP contribution in [0.4, 0.5) is 11.4 Å². The molecule has 0 atom stereocenters. The molecular formula is C19H14ClN3O5S. The maximum atomic E-state index is 12.3. The Bertz CT molecular complexity index is 1080. The number of nitrogens with zero attached hydrogens (tertiary/aromatic N) is 1. The summed E-state index contributed by atoms with van der Waals surface area (Å²) >= 11 is 11.0. The molecule has 0 aliphatic rings. The third-order valence-corrected chi connectivity index (χ3v) is 4.28. The van der Waals surface area contributed by atoms with Gasteiger partial charge in [0, 0.05) is 22.3 Å². The number of nitrogens with one attached hydrogen (secondary N) is 2. The van der Waals surface area contributed by atoms with E-state index in [-0.39, 0.29) is 22.3 Å². The Morgan fingerprint density at radius 2 is 1.90 bits per heavy atom. The second-order valence-corrected chi connectivity index (χ2v) is 6.57. The fraction of sp³-hybridized carbons (Fsp3) is 0.0526. The van der Waals surface area contributed by atoms with Crippen molar-refractivity contribution in [1.82, 2.24) is 5.32 Å². The zero-order valence-electron chi connectivity index (χ0n) is 15.0. The summed E-state index contributed by atoms with van der Waals surface area (Å²) < 4.78 is 10.5. The lowest BCUT2D eigenvalue weighted by Crippen LogP contribution is -2.33. The maximum Gasteiger partial charge on any atom is 0.312 e. The number of anilines is 1. The van der Waals surface area contributed by atoms with Crippen molar-refractivity contribution in [3.63, 3.8) is 0 Å². The van der Waals surface area contributed by atoms with E-state index in [1.165, 1.54) is 31.4 Å². The molecule has 8 nitrogen and oxygen atoms in total. The largest absolute Gasteiger partial charge is 0.490 e. The second kappa shape index (κ2) is 8.72. The first-order chi connectivity index (χ1) is 13.9. The smallest absolute Gasteiger partial charge is 0.312 e.